The van der Waals surface area contributed by atoms with Gasteiger partial charge in [-0.05, 0) is 26.7 Å². The third-order valence-corrected chi connectivity index (χ3v) is 4.86. The molecule has 0 aromatic carbocycles. The van der Waals surface area contributed by atoms with Gasteiger partial charge in [-0.3, -0.25) is 4.99 Å². The lowest BCUT2D eigenvalue weighted by Gasteiger charge is -2.49. The van der Waals surface area contributed by atoms with Crippen molar-refractivity contribution in [1.82, 2.24) is 5.32 Å². The summed E-state index contributed by atoms with van der Waals surface area (Å²) in [5.74, 6) is 1.19. The summed E-state index contributed by atoms with van der Waals surface area (Å²) in [4.78, 5) is 4.87. The van der Waals surface area contributed by atoms with E-state index in [1.165, 1.54) is 12.2 Å². The molecule has 1 aliphatic heterocycles. The van der Waals surface area contributed by atoms with E-state index in [1.54, 1.807) is 0 Å². The second-order valence-electron chi connectivity index (χ2n) is 5.63. The molecule has 1 aliphatic carbocycles. The molecule has 0 bridgehead atoms. The molecular weight excluding hydrogens is 232 g/mol. The molecule has 3 nitrogen and oxygen atoms in total. The number of nitrogens with zero attached hydrogens (tertiary/aromatic N) is 1. The van der Waals surface area contributed by atoms with E-state index >= 15 is 0 Å². The largest absolute Gasteiger partial charge is 0.378 e. The van der Waals surface area contributed by atoms with E-state index in [4.69, 9.17) is 9.73 Å². The quantitative estimate of drug-likeness (QED) is 0.843. The van der Waals surface area contributed by atoms with Crippen molar-refractivity contribution in [2.24, 2.45) is 10.4 Å². The fraction of sp³-hybridized carbons (Fsp3) is 0.923. The normalized spacial score (nSPS) is 38.6. The van der Waals surface area contributed by atoms with Crippen LogP contribution in [0.3, 0.4) is 0 Å². The predicted octanol–water partition coefficient (Wildman–Crippen LogP) is 2.66. The van der Waals surface area contributed by atoms with E-state index in [-0.39, 0.29) is 5.41 Å². The summed E-state index contributed by atoms with van der Waals surface area (Å²) in [6.45, 7) is 9.63. The highest BCUT2D eigenvalue weighted by atomic mass is 32.2. The van der Waals surface area contributed by atoms with Crippen LogP contribution in [0.5, 0.6) is 0 Å². The minimum atomic E-state index is 0.186. The highest BCUT2D eigenvalue weighted by molar-refractivity contribution is 8.13. The molecule has 2 fully saturated rings. The Hall–Kier alpha value is -0.220. The molecule has 1 saturated heterocycles. The van der Waals surface area contributed by atoms with Crippen LogP contribution in [0, 0.1) is 5.41 Å². The zero-order chi connectivity index (χ0) is 12.5. The molecule has 0 radical (unpaired) electrons. The fourth-order valence-corrected chi connectivity index (χ4v) is 3.59. The number of rotatable bonds is 3. The smallest absolute Gasteiger partial charge is 0.157 e. The van der Waals surface area contributed by atoms with Crippen molar-refractivity contribution in [3.8, 4) is 0 Å². The van der Waals surface area contributed by atoms with Crippen molar-refractivity contribution in [3.63, 3.8) is 0 Å². The predicted molar refractivity (Wildman–Crippen MR) is 74.7 cm³/mol. The van der Waals surface area contributed by atoms with Crippen LogP contribution in [0.1, 0.15) is 40.5 Å². The minimum Gasteiger partial charge on any atom is -0.378 e. The van der Waals surface area contributed by atoms with Gasteiger partial charge in [0.1, 0.15) is 0 Å². The van der Waals surface area contributed by atoms with Crippen LogP contribution in [0.15, 0.2) is 4.99 Å². The second-order valence-corrected chi connectivity index (χ2v) is 6.72. The Kier molecular flexibility index (Phi) is 4.03. The maximum Gasteiger partial charge on any atom is 0.157 e. The Labute approximate surface area is 109 Å². The zero-order valence-electron chi connectivity index (χ0n) is 11.3. The molecule has 0 aromatic heterocycles. The molecule has 0 aromatic rings. The van der Waals surface area contributed by atoms with E-state index in [1.807, 2.05) is 11.8 Å². The lowest BCUT2D eigenvalue weighted by Crippen LogP contribution is -2.54. The van der Waals surface area contributed by atoms with Crippen LogP contribution in [0.4, 0.5) is 0 Å². The molecule has 1 N–H and O–H groups in total. The summed E-state index contributed by atoms with van der Waals surface area (Å²) >= 11 is 1.86. The summed E-state index contributed by atoms with van der Waals surface area (Å²) in [6, 6.07) is 0.986. The van der Waals surface area contributed by atoms with Crippen molar-refractivity contribution in [1.29, 1.82) is 0 Å². The molecule has 0 amide bonds. The van der Waals surface area contributed by atoms with Gasteiger partial charge >= 0.3 is 0 Å². The van der Waals surface area contributed by atoms with E-state index < -0.39 is 0 Å². The number of hydrogen-bond acceptors (Lipinski definition) is 3. The summed E-state index contributed by atoms with van der Waals surface area (Å²) in [6.07, 6.45) is 2.69. The van der Waals surface area contributed by atoms with Crippen LogP contribution in [0.2, 0.25) is 0 Å². The molecule has 2 rings (SSSR count). The standard InChI is InChI=1S/C13H24N2OS/c1-5-16-11-8-10(13(11,3)4)15-12-14-9(2)6-7-17-12/h9-11H,5-8H2,1-4H3,(H,14,15). The third-order valence-electron chi connectivity index (χ3n) is 3.93. The van der Waals surface area contributed by atoms with E-state index in [0.29, 0.717) is 18.2 Å². The molecular formula is C13H24N2OS. The summed E-state index contributed by atoms with van der Waals surface area (Å²) in [5.41, 5.74) is 0.186. The van der Waals surface area contributed by atoms with Gasteiger partial charge in [-0.15, -0.1) is 0 Å². The molecule has 2 aliphatic rings. The van der Waals surface area contributed by atoms with Gasteiger partial charge in [0.05, 0.1) is 12.1 Å². The minimum absolute atomic E-state index is 0.186. The van der Waals surface area contributed by atoms with Gasteiger partial charge in [-0.2, -0.15) is 0 Å². The SMILES string of the molecule is CCOC1CC(N=C2NC(C)CCS2)C1(C)C. The first-order chi connectivity index (χ1) is 8.04. The molecule has 3 unspecified atom stereocenters. The summed E-state index contributed by atoms with van der Waals surface area (Å²) < 4.78 is 5.74. The van der Waals surface area contributed by atoms with Crippen molar-refractivity contribution < 1.29 is 4.74 Å². The van der Waals surface area contributed by atoms with Crippen LogP contribution < -0.4 is 5.32 Å². The van der Waals surface area contributed by atoms with E-state index in [2.05, 4.69) is 33.0 Å². The van der Waals surface area contributed by atoms with Crippen LogP contribution in [-0.2, 0) is 4.74 Å². The molecule has 0 spiro atoms. The zero-order valence-corrected chi connectivity index (χ0v) is 12.1. The van der Waals surface area contributed by atoms with Crippen LogP contribution in [0.25, 0.3) is 0 Å². The lowest BCUT2D eigenvalue weighted by atomic mass is 9.65. The maximum atomic E-state index is 5.74. The average molecular weight is 256 g/mol. The number of aliphatic imine (C=N–C) groups is 1. The van der Waals surface area contributed by atoms with Crippen molar-refractivity contribution in [2.75, 3.05) is 12.4 Å². The lowest BCUT2D eigenvalue weighted by molar-refractivity contribution is -0.103. The van der Waals surface area contributed by atoms with Gasteiger partial charge in [0, 0.05) is 23.8 Å². The molecule has 1 heterocycles. The molecule has 1 saturated carbocycles. The Bertz CT molecular complexity index is 304. The average Bonchev–Trinajstić information content (AvgIpc) is 2.28. The Morgan fingerprint density at radius 2 is 2.29 bits per heavy atom. The van der Waals surface area contributed by atoms with E-state index in [9.17, 15) is 0 Å². The molecule has 3 atom stereocenters. The first kappa shape index (κ1) is 13.2. The number of hydrogen-bond donors (Lipinski definition) is 1. The van der Waals surface area contributed by atoms with E-state index in [0.717, 1.165) is 18.2 Å². The molecule has 17 heavy (non-hydrogen) atoms. The summed E-state index contributed by atoms with van der Waals surface area (Å²) in [5, 5.41) is 4.61. The second kappa shape index (κ2) is 5.19. The molecule has 98 valence electrons. The number of amidine groups is 1. The first-order valence-electron chi connectivity index (χ1n) is 6.62. The highest BCUT2D eigenvalue weighted by Crippen LogP contribution is 2.45. The van der Waals surface area contributed by atoms with Crippen molar-refractivity contribution in [3.05, 3.63) is 0 Å². The van der Waals surface area contributed by atoms with Crippen LogP contribution in [-0.4, -0.2) is 35.7 Å². The van der Waals surface area contributed by atoms with Crippen molar-refractivity contribution in [2.45, 2.75) is 58.7 Å². The topological polar surface area (TPSA) is 33.6 Å². The van der Waals surface area contributed by atoms with Gasteiger partial charge in [0.2, 0.25) is 0 Å². The Balaban J connectivity index is 1.94. The first-order valence-corrected chi connectivity index (χ1v) is 7.61. The Morgan fingerprint density at radius 3 is 2.88 bits per heavy atom. The van der Waals surface area contributed by atoms with Gasteiger partial charge in [-0.25, -0.2) is 0 Å². The number of thioether (sulfide) groups is 1. The summed E-state index contributed by atoms with van der Waals surface area (Å²) in [7, 11) is 0. The third kappa shape index (κ3) is 2.79. The van der Waals surface area contributed by atoms with Gasteiger partial charge in [-0.1, -0.05) is 25.6 Å². The van der Waals surface area contributed by atoms with Gasteiger partial charge < -0.3 is 10.1 Å². The number of nitrogens with one attached hydrogen (secondary N) is 1. The van der Waals surface area contributed by atoms with Gasteiger partial charge in [0.25, 0.3) is 0 Å². The Morgan fingerprint density at radius 1 is 1.53 bits per heavy atom. The fourth-order valence-electron chi connectivity index (χ4n) is 2.44. The molecule has 4 heteroatoms. The maximum absolute atomic E-state index is 5.74. The van der Waals surface area contributed by atoms with Crippen molar-refractivity contribution >= 4 is 16.9 Å². The highest BCUT2D eigenvalue weighted by Gasteiger charge is 2.49. The number of ether oxygens (including phenoxy) is 1. The van der Waals surface area contributed by atoms with Crippen LogP contribution >= 0.6 is 11.8 Å². The van der Waals surface area contributed by atoms with Gasteiger partial charge in [0.15, 0.2) is 5.17 Å². The monoisotopic (exact) mass is 256 g/mol.